The zero-order chi connectivity index (χ0) is 20.0. The van der Waals surface area contributed by atoms with Crippen LogP contribution < -0.4 is 4.74 Å². The molecule has 1 aliphatic rings. The first kappa shape index (κ1) is 20.9. The van der Waals surface area contributed by atoms with Gasteiger partial charge in [-0.2, -0.15) is 0 Å². The first-order valence-corrected chi connectivity index (χ1v) is 8.91. The minimum atomic E-state index is -2.05. The van der Waals surface area contributed by atoms with E-state index >= 15 is 0 Å². The lowest BCUT2D eigenvalue weighted by Gasteiger charge is -2.15. The molecule has 2 aromatic carbocycles. The molecule has 146 valence electrons. The lowest BCUT2D eigenvalue weighted by Crippen LogP contribution is -2.13. The Morgan fingerprint density at radius 2 is 1.52 bits per heavy atom. The number of hydrogen-bond acceptors (Lipinski definition) is 2. The van der Waals surface area contributed by atoms with E-state index in [9.17, 15) is 22.4 Å². The number of ether oxygens (including phenoxy) is 1. The van der Waals surface area contributed by atoms with Gasteiger partial charge in [0.25, 0.3) is 0 Å². The zero-order valence-electron chi connectivity index (χ0n) is 15.3. The third-order valence-corrected chi connectivity index (χ3v) is 4.45. The average molecular weight is 382 g/mol. The fraction of sp³-hybridized carbons (Fsp3) is 0.381. The van der Waals surface area contributed by atoms with Gasteiger partial charge in [0.05, 0.1) is 0 Å². The maximum Gasteiger partial charge on any atom is 0.346 e. The molecule has 0 atom stereocenters. The van der Waals surface area contributed by atoms with Crippen molar-refractivity contribution in [3.05, 3.63) is 64.7 Å². The van der Waals surface area contributed by atoms with E-state index in [-0.39, 0.29) is 11.8 Å². The van der Waals surface area contributed by atoms with Crippen molar-refractivity contribution in [2.75, 3.05) is 0 Å². The standard InChI is InChI=1S/C14H8F4O2.C7H14/c1-7-2-4-8(5-3-7)20-14(19)9-6-10(15)12(17)13(18)11(9)16;1-7-5-3-2-4-6-7/h2-6H,1H3;7H,2-6H2,1H3. The third-order valence-electron chi connectivity index (χ3n) is 4.45. The van der Waals surface area contributed by atoms with Crippen LogP contribution in [0.25, 0.3) is 0 Å². The number of rotatable bonds is 2. The highest BCUT2D eigenvalue weighted by molar-refractivity contribution is 5.91. The molecule has 6 heteroatoms. The normalized spacial score (nSPS) is 14.3. The van der Waals surface area contributed by atoms with Gasteiger partial charge in [0.2, 0.25) is 0 Å². The lowest BCUT2D eigenvalue weighted by atomic mass is 9.91. The second kappa shape index (κ2) is 9.53. The van der Waals surface area contributed by atoms with Crippen LogP contribution >= 0.6 is 0 Å². The molecule has 0 saturated heterocycles. The highest BCUT2D eigenvalue weighted by Gasteiger charge is 2.24. The molecule has 0 amide bonds. The van der Waals surface area contributed by atoms with Crippen LogP contribution in [0, 0.1) is 36.1 Å². The van der Waals surface area contributed by atoms with Gasteiger partial charge in [-0.15, -0.1) is 0 Å². The van der Waals surface area contributed by atoms with Crippen LogP contribution in [0.1, 0.15) is 54.9 Å². The molecule has 0 heterocycles. The summed E-state index contributed by atoms with van der Waals surface area (Å²) < 4.78 is 56.9. The van der Waals surface area contributed by atoms with Crippen molar-refractivity contribution in [3.63, 3.8) is 0 Å². The first-order valence-electron chi connectivity index (χ1n) is 8.91. The summed E-state index contributed by atoms with van der Waals surface area (Å²) in [5.74, 6) is -7.70. The molecule has 0 unspecified atom stereocenters. The van der Waals surface area contributed by atoms with Crippen molar-refractivity contribution in [1.82, 2.24) is 0 Å². The van der Waals surface area contributed by atoms with Gasteiger partial charge in [-0.3, -0.25) is 0 Å². The number of benzene rings is 2. The van der Waals surface area contributed by atoms with Crippen LogP contribution in [0.5, 0.6) is 5.75 Å². The summed E-state index contributed by atoms with van der Waals surface area (Å²) in [6.45, 7) is 4.16. The minimum absolute atomic E-state index is 0.0742. The van der Waals surface area contributed by atoms with Gasteiger partial charge in [0.1, 0.15) is 11.3 Å². The smallest absolute Gasteiger partial charge is 0.346 e. The van der Waals surface area contributed by atoms with E-state index in [1.165, 1.54) is 44.2 Å². The fourth-order valence-electron chi connectivity index (χ4n) is 2.80. The number of esters is 1. The van der Waals surface area contributed by atoms with Gasteiger partial charge in [-0.05, 0) is 31.0 Å². The van der Waals surface area contributed by atoms with E-state index in [4.69, 9.17) is 4.74 Å². The van der Waals surface area contributed by atoms with Gasteiger partial charge in [-0.25, -0.2) is 22.4 Å². The molecule has 1 saturated carbocycles. The van der Waals surface area contributed by atoms with Crippen molar-refractivity contribution in [2.45, 2.75) is 46.0 Å². The molecule has 0 N–H and O–H groups in total. The van der Waals surface area contributed by atoms with E-state index in [1.54, 1.807) is 19.1 Å². The third kappa shape index (κ3) is 5.81. The molecule has 0 radical (unpaired) electrons. The second-order valence-corrected chi connectivity index (χ2v) is 6.79. The quantitative estimate of drug-likeness (QED) is 0.199. The number of halogens is 4. The molecule has 0 aromatic heterocycles. The number of aryl methyl sites for hydroxylation is 1. The summed E-state index contributed by atoms with van der Waals surface area (Å²) in [6, 6.07) is 6.38. The highest BCUT2D eigenvalue weighted by Crippen LogP contribution is 2.22. The Morgan fingerprint density at radius 1 is 0.926 bits per heavy atom. The lowest BCUT2D eigenvalue weighted by molar-refractivity contribution is 0.0727. The van der Waals surface area contributed by atoms with Crippen LogP contribution in [0.3, 0.4) is 0 Å². The highest BCUT2D eigenvalue weighted by atomic mass is 19.2. The van der Waals surface area contributed by atoms with E-state index in [0.29, 0.717) is 0 Å². The van der Waals surface area contributed by atoms with Crippen LogP contribution in [0.4, 0.5) is 17.6 Å². The maximum absolute atomic E-state index is 13.4. The molecule has 0 aliphatic heterocycles. The predicted octanol–water partition coefficient (Wildman–Crippen LogP) is 6.36. The summed E-state index contributed by atoms with van der Waals surface area (Å²) in [4.78, 5) is 11.6. The molecule has 0 bridgehead atoms. The van der Waals surface area contributed by atoms with E-state index < -0.39 is 34.8 Å². The molecular weight excluding hydrogens is 360 g/mol. The number of hydrogen-bond donors (Lipinski definition) is 0. The minimum Gasteiger partial charge on any atom is -0.423 e. The Labute approximate surface area is 156 Å². The van der Waals surface area contributed by atoms with Crippen molar-refractivity contribution >= 4 is 5.97 Å². The Morgan fingerprint density at radius 3 is 2.04 bits per heavy atom. The largest absolute Gasteiger partial charge is 0.423 e. The van der Waals surface area contributed by atoms with Gasteiger partial charge in [-0.1, -0.05) is 56.7 Å². The molecule has 2 aromatic rings. The maximum atomic E-state index is 13.4. The van der Waals surface area contributed by atoms with Gasteiger partial charge in [0.15, 0.2) is 23.3 Å². The first-order chi connectivity index (χ1) is 12.8. The number of carbonyl (C=O) groups is 1. The molecule has 2 nitrogen and oxygen atoms in total. The van der Waals surface area contributed by atoms with Gasteiger partial charge < -0.3 is 4.74 Å². The van der Waals surface area contributed by atoms with E-state index in [1.807, 2.05) is 0 Å². The number of carbonyl (C=O) groups excluding carboxylic acids is 1. The summed E-state index contributed by atoms with van der Waals surface area (Å²) in [7, 11) is 0. The van der Waals surface area contributed by atoms with Crippen LogP contribution in [-0.2, 0) is 0 Å². The Bertz CT molecular complexity index is 782. The fourth-order valence-corrected chi connectivity index (χ4v) is 2.80. The van der Waals surface area contributed by atoms with Crippen molar-refractivity contribution < 1.29 is 27.1 Å². The monoisotopic (exact) mass is 382 g/mol. The van der Waals surface area contributed by atoms with Crippen LogP contribution in [0.2, 0.25) is 0 Å². The molecular formula is C21H22F4O2. The summed E-state index contributed by atoms with van der Waals surface area (Å²) in [6.07, 6.45) is 7.44. The SMILES string of the molecule is CC1CCCCC1.Cc1ccc(OC(=O)c2cc(F)c(F)c(F)c2F)cc1. The predicted molar refractivity (Wildman–Crippen MR) is 94.7 cm³/mol. The Balaban J connectivity index is 0.000000313. The molecule has 3 rings (SSSR count). The van der Waals surface area contributed by atoms with Crippen LogP contribution in [0.15, 0.2) is 30.3 Å². The molecule has 1 fully saturated rings. The molecule has 27 heavy (non-hydrogen) atoms. The summed E-state index contributed by atoms with van der Waals surface area (Å²) in [5.41, 5.74) is -0.114. The van der Waals surface area contributed by atoms with Crippen LogP contribution in [-0.4, -0.2) is 5.97 Å². The van der Waals surface area contributed by atoms with E-state index in [0.717, 1.165) is 11.5 Å². The summed E-state index contributed by atoms with van der Waals surface area (Å²) in [5, 5.41) is 0. The molecule has 0 spiro atoms. The zero-order valence-corrected chi connectivity index (χ0v) is 15.3. The van der Waals surface area contributed by atoms with Crippen molar-refractivity contribution in [1.29, 1.82) is 0 Å². The average Bonchev–Trinajstić information content (AvgIpc) is 2.66. The second-order valence-electron chi connectivity index (χ2n) is 6.79. The van der Waals surface area contributed by atoms with Gasteiger partial charge >= 0.3 is 5.97 Å². The molecule has 1 aliphatic carbocycles. The van der Waals surface area contributed by atoms with Crippen molar-refractivity contribution in [3.8, 4) is 5.75 Å². The van der Waals surface area contributed by atoms with Gasteiger partial charge in [0, 0.05) is 0 Å². The van der Waals surface area contributed by atoms with Crippen molar-refractivity contribution in [2.24, 2.45) is 5.92 Å². The Kier molecular flexibility index (Phi) is 7.39. The van der Waals surface area contributed by atoms with E-state index in [2.05, 4.69) is 6.92 Å². The topological polar surface area (TPSA) is 26.3 Å². The summed E-state index contributed by atoms with van der Waals surface area (Å²) >= 11 is 0. The Hall–Kier alpha value is -2.37.